The van der Waals surface area contributed by atoms with Crippen molar-refractivity contribution in [1.82, 2.24) is 9.38 Å². The molecule has 0 atom stereocenters. The van der Waals surface area contributed by atoms with E-state index in [1.165, 1.54) is 0 Å². The highest BCUT2D eigenvalue weighted by atomic mass is 16.5. The first-order valence-electron chi connectivity index (χ1n) is 8.61. The first kappa shape index (κ1) is 17.0. The summed E-state index contributed by atoms with van der Waals surface area (Å²) in [5.74, 6) is 0.739. The van der Waals surface area contributed by atoms with Crippen LogP contribution in [0.3, 0.4) is 0 Å². The second-order valence-electron chi connectivity index (χ2n) is 6.11. The van der Waals surface area contributed by atoms with Crippen LogP contribution in [0.15, 0.2) is 48.8 Å². The minimum absolute atomic E-state index is 0.0827. The lowest BCUT2D eigenvalue weighted by molar-refractivity contribution is -0.115. The topological polar surface area (TPSA) is 55.6 Å². The fourth-order valence-corrected chi connectivity index (χ4v) is 2.63. The molecule has 25 heavy (non-hydrogen) atoms. The van der Waals surface area contributed by atoms with Gasteiger partial charge in [-0.25, -0.2) is 4.98 Å². The average Bonchev–Trinajstić information content (AvgIpc) is 3.00. The van der Waals surface area contributed by atoms with Crippen molar-refractivity contribution < 1.29 is 9.53 Å². The summed E-state index contributed by atoms with van der Waals surface area (Å²) in [6.07, 6.45) is 6.23. The SMILES string of the molecule is CCCCOc1ccc(NC(=O)Cc2cn3cccc(C)c3n2)cc1. The Kier molecular flexibility index (Phi) is 5.33. The summed E-state index contributed by atoms with van der Waals surface area (Å²) >= 11 is 0. The van der Waals surface area contributed by atoms with Gasteiger partial charge in [0, 0.05) is 18.1 Å². The second kappa shape index (κ2) is 7.83. The van der Waals surface area contributed by atoms with Crippen LogP contribution in [0.5, 0.6) is 5.75 Å². The van der Waals surface area contributed by atoms with Crippen molar-refractivity contribution in [1.29, 1.82) is 0 Å². The lowest BCUT2D eigenvalue weighted by Gasteiger charge is -2.07. The van der Waals surface area contributed by atoms with E-state index in [0.29, 0.717) is 0 Å². The van der Waals surface area contributed by atoms with E-state index in [9.17, 15) is 4.79 Å². The Morgan fingerprint density at radius 2 is 2.04 bits per heavy atom. The molecule has 0 radical (unpaired) electrons. The molecular weight excluding hydrogens is 314 g/mol. The summed E-state index contributed by atoms with van der Waals surface area (Å²) in [6.45, 7) is 4.86. The Morgan fingerprint density at radius 3 is 2.76 bits per heavy atom. The molecule has 3 aromatic rings. The van der Waals surface area contributed by atoms with Crippen LogP contribution in [0.2, 0.25) is 0 Å². The number of carbonyl (C=O) groups is 1. The molecule has 1 amide bonds. The maximum Gasteiger partial charge on any atom is 0.230 e. The molecule has 0 saturated heterocycles. The van der Waals surface area contributed by atoms with Crippen molar-refractivity contribution in [2.75, 3.05) is 11.9 Å². The van der Waals surface area contributed by atoms with Gasteiger partial charge in [0.15, 0.2) is 0 Å². The van der Waals surface area contributed by atoms with Crippen molar-refractivity contribution >= 4 is 17.2 Å². The molecule has 5 nitrogen and oxygen atoms in total. The fourth-order valence-electron chi connectivity index (χ4n) is 2.63. The number of imidazole rings is 1. The number of aryl methyl sites for hydroxylation is 1. The Bertz CT molecular complexity index is 853. The van der Waals surface area contributed by atoms with E-state index >= 15 is 0 Å². The first-order chi connectivity index (χ1) is 12.2. The maximum absolute atomic E-state index is 12.2. The number of rotatable bonds is 7. The van der Waals surface area contributed by atoms with E-state index in [1.54, 1.807) is 0 Å². The molecule has 3 rings (SSSR count). The highest BCUT2D eigenvalue weighted by Crippen LogP contribution is 2.17. The van der Waals surface area contributed by atoms with Gasteiger partial charge >= 0.3 is 0 Å². The summed E-state index contributed by atoms with van der Waals surface area (Å²) in [5, 5.41) is 2.90. The van der Waals surface area contributed by atoms with Crippen LogP contribution < -0.4 is 10.1 Å². The summed E-state index contributed by atoms with van der Waals surface area (Å²) in [6, 6.07) is 11.4. The van der Waals surface area contributed by atoms with Crippen molar-refractivity contribution in [2.45, 2.75) is 33.1 Å². The van der Waals surface area contributed by atoms with E-state index < -0.39 is 0 Å². The molecule has 0 saturated carbocycles. The number of anilines is 1. The molecule has 2 heterocycles. The van der Waals surface area contributed by atoms with E-state index in [0.717, 1.165) is 47.8 Å². The monoisotopic (exact) mass is 337 g/mol. The van der Waals surface area contributed by atoms with Gasteiger partial charge in [-0.3, -0.25) is 4.79 Å². The van der Waals surface area contributed by atoms with Gasteiger partial charge in [-0.05, 0) is 49.2 Å². The van der Waals surface area contributed by atoms with E-state index in [-0.39, 0.29) is 12.3 Å². The zero-order chi connectivity index (χ0) is 17.6. The molecule has 0 aliphatic rings. The molecule has 0 aliphatic heterocycles. The zero-order valence-electron chi connectivity index (χ0n) is 14.7. The number of ether oxygens (including phenoxy) is 1. The number of unbranched alkanes of at least 4 members (excludes halogenated alkanes) is 1. The van der Waals surface area contributed by atoms with Crippen LogP contribution in [0.4, 0.5) is 5.69 Å². The molecule has 130 valence electrons. The number of nitrogens with one attached hydrogen (secondary N) is 1. The molecular formula is C20H23N3O2. The number of nitrogens with zero attached hydrogens (tertiary/aromatic N) is 2. The van der Waals surface area contributed by atoms with Gasteiger partial charge in [-0.15, -0.1) is 0 Å². The molecule has 1 aromatic carbocycles. The molecule has 0 aliphatic carbocycles. The van der Waals surface area contributed by atoms with Gasteiger partial charge in [0.1, 0.15) is 11.4 Å². The number of fused-ring (bicyclic) bond motifs is 1. The fraction of sp³-hybridized carbons (Fsp3) is 0.300. The minimum atomic E-state index is -0.0827. The molecule has 0 spiro atoms. The highest BCUT2D eigenvalue weighted by Gasteiger charge is 2.09. The Balaban J connectivity index is 1.59. The number of benzene rings is 1. The molecule has 2 aromatic heterocycles. The second-order valence-corrected chi connectivity index (χ2v) is 6.11. The summed E-state index contributed by atoms with van der Waals surface area (Å²) in [5.41, 5.74) is 3.49. The van der Waals surface area contributed by atoms with Gasteiger partial charge in [0.2, 0.25) is 5.91 Å². The van der Waals surface area contributed by atoms with Crippen molar-refractivity contribution in [3.05, 3.63) is 60.0 Å². The van der Waals surface area contributed by atoms with Gasteiger partial charge in [0.05, 0.1) is 18.7 Å². The normalized spacial score (nSPS) is 10.8. The quantitative estimate of drug-likeness (QED) is 0.663. The number of hydrogen-bond acceptors (Lipinski definition) is 3. The maximum atomic E-state index is 12.2. The summed E-state index contributed by atoms with van der Waals surface area (Å²) in [7, 11) is 0. The van der Waals surface area contributed by atoms with Gasteiger partial charge < -0.3 is 14.5 Å². The number of amides is 1. The third-order valence-electron chi connectivity index (χ3n) is 3.97. The highest BCUT2D eigenvalue weighted by molar-refractivity contribution is 5.92. The smallest absolute Gasteiger partial charge is 0.230 e. The minimum Gasteiger partial charge on any atom is -0.494 e. The standard InChI is InChI=1S/C20H23N3O2/c1-3-4-12-25-18-9-7-16(8-10-18)21-19(24)13-17-14-23-11-5-6-15(2)20(23)22-17/h5-11,14H,3-4,12-13H2,1-2H3,(H,21,24). The summed E-state index contributed by atoms with van der Waals surface area (Å²) in [4.78, 5) is 16.8. The van der Waals surface area contributed by atoms with Gasteiger partial charge in [-0.2, -0.15) is 0 Å². The molecule has 0 unspecified atom stereocenters. The molecule has 1 N–H and O–H groups in total. The largest absolute Gasteiger partial charge is 0.494 e. The van der Waals surface area contributed by atoms with Gasteiger partial charge in [-0.1, -0.05) is 19.4 Å². The third kappa shape index (κ3) is 4.38. The Morgan fingerprint density at radius 1 is 1.24 bits per heavy atom. The predicted molar refractivity (Wildman–Crippen MR) is 99.1 cm³/mol. The van der Waals surface area contributed by atoms with Gasteiger partial charge in [0.25, 0.3) is 0 Å². The van der Waals surface area contributed by atoms with Crippen molar-refractivity contribution in [3.63, 3.8) is 0 Å². The van der Waals surface area contributed by atoms with Crippen molar-refractivity contribution in [2.24, 2.45) is 0 Å². The third-order valence-corrected chi connectivity index (χ3v) is 3.97. The van der Waals surface area contributed by atoms with Crippen LogP contribution in [-0.2, 0) is 11.2 Å². The lowest BCUT2D eigenvalue weighted by Crippen LogP contribution is -2.14. The van der Waals surface area contributed by atoms with Crippen LogP contribution in [0, 0.1) is 6.92 Å². The first-order valence-corrected chi connectivity index (χ1v) is 8.61. The summed E-state index contributed by atoms with van der Waals surface area (Å²) < 4.78 is 7.57. The van der Waals surface area contributed by atoms with E-state index in [2.05, 4.69) is 17.2 Å². The van der Waals surface area contributed by atoms with Crippen LogP contribution >= 0.6 is 0 Å². The Hall–Kier alpha value is -2.82. The number of carbonyl (C=O) groups excluding carboxylic acids is 1. The Labute approximate surface area is 147 Å². The van der Waals surface area contributed by atoms with Crippen LogP contribution in [0.1, 0.15) is 31.0 Å². The average molecular weight is 337 g/mol. The zero-order valence-corrected chi connectivity index (χ0v) is 14.7. The molecule has 0 bridgehead atoms. The number of hydrogen-bond donors (Lipinski definition) is 1. The van der Waals surface area contributed by atoms with E-state index in [4.69, 9.17) is 4.74 Å². The predicted octanol–water partition coefficient (Wildman–Crippen LogP) is 4.00. The lowest BCUT2D eigenvalue weighted by atomic mass is 10.2. The number of aromatic nitrogens is 2. The molecule has 0 fully saturated rings. The number of pyridine rings is 1. The van der Waals surface area contributed by atoms with Crippen LogP contribution in [0.25, 0.3) is 5.65 Å². The van der Waals surface area contributed by atoms with Crippen LogP contribution in [-0.4, -0.2) is 21.9 Å². The molecule has 5 heteroatoms. The van der Waals surface area contributed by atoms with E-state index in [1.807, 2.05) is 60.1 Å². The van der Waals surface area contributed by atoms with Crippen molar-refractivity contribution in [3.8, 4) is 5.75 Å².